The van der Waals surface area contributed by atoms with E-state index in [0.717, 1.165) is 48.3 Å². The van der Waals surface area contributed by atoms with Crippen molar-refractivity contribution >= 4 is 11.8 Å². The number of carbonyl (C=O) groups excluding carboxylic acids is 2. The van der Waals surface area contributed by atoms with Crippen LogP contribution in [0, 0.1) is 5.92 Å². The van der Waals surface area contributed by atoms with Crippen molar-refractivity contribution in [2.24, 2.45) is 11.7 Å². The molecule has 7 nitrogen and oxygen atoms in total. The molecule has 3 aromatic carbocycles. The molecule has 2 heterocycles. The van der Waals surface area contributed by atoms with Gasteiger partial charge in [-0.2, -0.15) is 5.10 Å². The fourth-order valence-corrected chi connectivity index (χ4v) is 4.87. The number of likely N-dealkylation sites (tertiary alicyclic amines) is 1. The largest absolute Gasteiger partial charge is 0.369 e. The number of hydrogen-bond acceptors (Lipinski definition) is 4. The maximum Gasteiger partial charge on any atom is 0.255 e. The minimum absolute atomic E-state index is 0.0770. The molecule has 0 radical (unpaired) electrons. The van der Waals surface area contributed by atoms with Gasteiger partial charge in [0.2, 0.25) is 5.91 Å². The number of aromatic nitrogens is 2. The monoisotopic (exact) mass is 493 g/mol. The number of nitrogens with one attached hydrogen (secondary N) is 1. The zero-order valence-corrected chi connectivity index (χ0v) is 20.7. The summed E-state index contributed by atoms with van der Waals surface area (Å²) in [6.45, 7) is 2.82. The Morgan fingerprint density at radius 1 is 0.946 bits per heavy atom. The van der Waals surface area contributed by atoms with Gasteiger partial charge in [-0.3, -0.25) is 14.5 Å². The Morgan fingerprint density at radius 3 is 2.43 bits per heavy atom. The maximum absolute atomic E-state index is 13.3. The van der Waals surface area contributed by atoms with Gasteiger partial charge < -0.3 is 11.1 Å². The highest BCUT2D eigenvalue weighted by Crippen LogP contribution is 2.24. The van der Waals surface area contributed by atoms with E-state index in [4.69, 9.17) is 10.8 Å². The predicted octanol–water partition coefficient (Wildman–Crippen LogP) is 4.17. The highest BCUT2D eigenvalue weighted by molar-refractivity contribution is 5.99. The lowest BCUT2D eigenvalue weighted by Crippen LogP contribution is -2.40. The number of para-hydroxylation sites is 1. The molecule has 1 fully saturated rings. The van der Waals surface area contributed by atoms with Crippen molar-refractivity contribution in [2.45, 2.75) is 25.9 Å². The van der Waals surface area contributed by atoms with Crippen molar-refractivity contribution in [3.8, 4) is 16.9 Å². The van der Waals surface area contributed by atoms with Crippen LogP contribution in [0.5, 0.6) is 0 Å². The summed E-state index contributed by atoms with van der Waals surface area (Å²) in [7, 11) is 0. The number of nitrogens with two attached hydrogens (primary N) is 1. The van der Waals surface area contributed by atoms with Gasteiger partial charge in [0.15, 0.2) is 0 Å². The van der Waals surface area contributed by atoms with Crippen molar-refractivity contribution in [1.29, 1.82) is 0 Å². The van der Waals surface area contributed by atoms with Crippen LogP contribution in [0.3, 0.4) is 0 Å². The number of piperidine rings is 1. The second-order valence-electron chi connectivity index (χ2n) is 9.52. The minimum Gasteiger partial charge on any atom is -0.369 e. The molecule has 2 amide bonds. The molecule has 1 aliphatic rings. The molecule has 1 aromatic heterocycles. The van der Waals surface area contributed by atoms with E-state index in [9.17, 15) is 9.59 Å². The van der Waals surface area contributed by atoms with Crippen LogP contribution in [0.15, 0.2) is 91.1 Å². The molecule has 0 aliphatic carbocycles. The van der Waals surface area contributed by atoms with Gasteiger partial charge in [0.05, 0.1) is 17.2 Å². The molecular weight excluding hydrogens is 462 g/mol. The highest BCUT2D eigenvalue weighted by Gasteiger charge is 2.24. The molecule has 3 N–H and O–H groups in total. The molecule has 0 bridgehead atoms. The Bertz CT molecular complexity index is 1370. The molecule has 0 spiro atoms. The zero-order chi connectivity index (χ0) is 25.6. The summed E-state index contributed by atoms with van der Waals surface area (Å²) < 4.78 is 1.75. The Hall–Kier alpha value is -4.23. The maximum atomic E-state index is 13.3. The van der Waals surface area contributed by atoms with Crippen LogP contribution in [0.2, 0.25) is 0 Å². The Balaban J connectivity index is 1.30. The van der Waals surface area contributed by atoms with Crippen LogP contribution < -0.4 is 11.1 Å². The number of amides is 2. The summed E-state index contributed by atoms with van der Waals surface area (Å²) in [5.41, 5.74) is 10.7. The van der Waals surface area contributed by atoms with Gasteiger partial charge in [-0.25, -0.2) is 4.68 Å². The van der Waals surface area contributed by atoms with Gasteiger partial charge >= 0.3 is 0 Å². The average molecular weight is 494 g/mol. The van der Waals surface area contributed by atoms with Crippen LogP contribution in [0.1, 0.15) is 34.3 Å². The molecule has 7 heteroatoms. The molecule has 5 rings (SSSR count). The van der Waals surface area contributed by atoms with E-state index in [1.54, 1.807) is 10.9 Å². The van der Waals surface area contributed by atoms with Crippen LogP contribution in [0.25, 0.3) is 16.9 Å². The van der Waals surface area contributed by atoms with E-state index in [-0.39, 0.29) is 17.7 Å². The zero-order valence-electron chi connectivity index (χ0n) is 20.7. The van der Waals surface area contributed by atoms with Crippen molar-refractivity contribution in [1.82, 2.24) is 20.0 Å². The molecule has 1 unspecified atom stereocenters. The van der Waals surface area contributed by atoms with Crippen molar-refractivity contribution in [3.05, 3.63) is 108 Å². The molecule has 1 saturated heterocycles. The first-order chi connectivity index (χ1) is 18.1. The fourth-order valence-electron chi connectivity index (χ4n) is 4.87. The Morgan fingerprint density at radius 2 is 1.68 bits per heavy atom. The van der Waals surface area contributed by atoms with E-state index in [1.807, 2.05) is 72.8 Å². The normalized spacial score (nSPS) is 15.8. The van der Waals surface area contributed by atoms with Gasteiger partial charge in [-0.1, -0.05) is 72.8 Å². The van der Waals surface area contributed by atoms with Gasteiger partial charge in [0, 0.05) is 31.4 Å². The molecule has 1 atom stereocenters. The second-order valence-corrected chi connectivity index (χ2v) is 9.52. The highest BCUT2D eigenvalue weighted by atomic mass is 16.2. The SMILES string of the molecule is NC(=O)C1CCCN(Cc2cccc(CNC(=O)c3cn(-c4ccccc4)nc3-c3ccccc3)c2)C1. The lowest BCUT2D eigenvalue weighted by Gasteiger charge is -2.31. The summed E-state index contributed by atoms with van der Waals surface area (Å²) in [6, 6.07) is 27.7. The quantitative estimate of drug-likeness (QED) is 0.385. The smallest absolute Gasteiger partial charge is 0.255 e. The minimum atomic E-state index is -0.216. The van der Waals surface area contributed by atoms with E-state index in [1.165, 1.54) is 0 Å². The first kappa shape index (κ1) is 24.5. The third kappa shape index (κ3) is 5.95. The summed E-state index contributed by atoms with van der Waals surface area (Å²) in [4.78, 5) is 27.2. The molecule has 188 valence electrons. The molecule has 1 aliphatic heterocycles. The second kappa shape index (κ2) is 11.2. The number of hydrogen-bond donors (Lipinski definition) is 2. The third-order valence-corrected chi connectivity index (χ3v) is 6.79. The van der Waals surface area contributed by atoms with Crippen LogP contribution in [-0.2, 0) is 17.9 Å². The van der Waals surface area contributed by atoms with Gasteiger partial charge in [-0.15, -0.1) is 0 Å². The van der Waals surface area contributed by atoms with Gasteiger partial charge in [0.1, 0.15) is 5.69 Å². The third-order valence-electron chi connectivity index (χ3n) is 6.79. The van der Waals surface area contributed by atoms with Crippen LogP contribution >= 0.6 is 0 Å². The number of rotatable bonds is 8. The van der Waals surface area contributed by atoms with E-state index >= 15 is 0 Å². The van der Waals surface area contributed by atoms with E-state index in [0.29, 0.717) is 24.3 Å². The molecule has 4 aromatic rings. The number of nitrogens with zero attached hydrogens (tertiary/aromatic N) is 3. The lowest BCUT2D eigenvalue weighted by atomic mass is 9.97. The first-order valence-corrected chi connectivity index (χ1v) is 12.6. The number of benzene rings is 3. The Kier molecular flexibility index (Phi) is 7.42. The van der Waals surface area contributed by atoms with E-state index < -0.39 is 0 Å². The summed E-state index contributed by atoms with van der Waals surface area (Å²) in [5, 5.41) is 7.82. The topological polar surface area (TPSA) is 93.3 Å². The first-order valence-electron chi connectivity index (χ1n) is 12.6. The van der Waals surface area contributed by atoms with E-state index in [2.05, 4.69) is 22.3 Å². The summed E-state index contributed by atoms with van der Waals surface area (Å²) in [6.07, 6.45) is 3.63. The van der Waals surface area contributed by atoms with Crippen LogP contribution in [-0.4, -0.2) is 39.6 Å². The standard InChI is InChI=1S/C30H31N5O2/c31-29(36)25-13-8-16-34(20-25)19-23-10-7-9-22(17-23)18-32-30(37)27-21-35(26-14-5-2-6-15-26)33-28(27)24-11-3-1-4-12-24/h1-7,9-12,14-15,17,21,25H,8,13,16,18-20H2,(H2,31,36)(H,32,37). The van der Waals surface area contributed by atoms with Crippen molar-refractivity contribution in [3.63, 3.8) is 0 Å². The molecule has 37 heavy (non-hydrogen) atoms. The number of primary amides is 1. The Labute approximate surface area is 216 Å². The fraction of sp³-hybridized carbons (Fsp3) is 0.233. The van der Waals surface area contributed by atoms with Crippen LogP contribution in [0.4, 0.5) is 0 Å². The summed E-state index contributed by atoms with van der Waals surface area (Å²) in [5.74, 6) is -0.467. The van der Waals surface area contributed by atoms with Crippen molar-refractivity contribution < 1.29 is 9.59 Å². The molecular formula is C30H31N5O2. The van der Waals surface area contributed by atoms with Gasteiger partial charge in [-0.05, 0) is 42.6 Å². The van der Waals surface area contributed by atoms with Crippen molar-refractivity contribution in [2.75, 3.05) is 13.1 Å². The summed E-state index contributed by atoms with van der Waals surface area (Å²) >= 11 is 0. The predicted molar refractivity (Wildman–Crippen MR) is 144 cm³/mol. The van der Waals surface area contributed by atoms with Gasteiger partial charge in [0.25, 0.3) is 5.91 Å². The number of carbonyl (C=O) groups is 2. The molecule has 0 saturated carbocycles. The lowest BCUT2D eigenvalue weighted by molar-refractivity contribution is -0.123. The average Bonchev–Trinajstić information content (AvgIpc) is 3.39.